The lowest BCUT2D eigenvalue weighted by molar-refractivity contribution is -0.128. The van der Waals surface area contributed by atoms with E-state index in [2.05, 4.69) is 33.8 Å². The van der Waals surface area contributed by atoms with E-state index in [0.29, 0.717) is 32.6 Å². The van der Waals surface area contributed by atoms with Crippen LogP contribution in [-0.4, -0.2) is 56.4 Å². The monoisotopic (exact) mass is 404 g/mol. The molecular formula is C22H24N6O2. The van der Waals surface area contributed by atoms with E-state index in [4.69, 9.17) is 0 Å². The van der Waals surface area contributed by atoms with Gasteiger partial charge in [0.2, 0.25) is 5.91 Å². The number of nitrogens with one attached hydrogen (secondary N) is 1. The molecule has 3 heterocycles. The summed E-state index contributed by atoms with van der Waals surface area (Å²) in [5.41, 5.74) is 1.90. The Morgan fingerprint density at radius 2 is 1.97 bits per heavy atom. The van der Waals surface area contributed by atoms with Gasteiger partial charge in [0.1, 0.15) is 5.69 Å². The molecule has 8 heteroatoms. The van der Waals surface area contributed by atoms with Crippen molar-refractivity contribution in [1.82, 2.24) is 30.1 Å². The van der Waals surface area contributed by atoms with Crippen LogP contribution in [0.3, 0.4) is 0 Å². The van der Waals surface area contributed by atoms with Gasteiger partial charge in [-0.25, -0.2) is 9.48 Å². The number of likely N-dealkylation sites (tertiary alicyclic amines) is 2. The predicted molar refractivity (Wildman–Crippen MR) is 111 cm³/mol. The Morgan fingerprint density at radius 1 is 1.13 bits per heavy atom. The number of urea groups is 1. The fourth-order valence-corrected chi connectivity index (χ4v) is 4.15. The minimum Gasteiger partial charge on any atom is -0.337 e. The second-order valence-corrected chi connectivity index (χ2v) is 7.96. The average Bonchev–Trinajstić information content (AvgIpc) is 3.35. The van der Waals surface area contributed by atoms with Gasteiger partial charge >= 0.3 is 6.03 Å². The van der Waals surface area contributed by atoms with Crippen LogP contribution in [-0.2, 0) is 17.9 Å². The Morgan fingerprint density at radius 3 is 2.80 bits per heavy atom. The molecule has 2 fully saturated rings. The first-order valence-corrected chi connectivity index (χ1v) is 10.4. The van der Waals surface area contributed by atoms with E-state index in [9.17, 15) is 9.59 Å². The summed E-state index contributed by atoms with van der Waals surface area (Å²) in [4.78, 5) is 27.9. The smallest absolute Gasteiger partial charge is 0.317 e. The van der Waals surface area contributed by atoms with Crippen molar-refractivity contribution in [2.75, 3.05) is 19.6 Å². The molecule has 0 atom stereocenters. The van der Waals surface area contributed by atoms with Gasteiger partial charge in [-0.2, -0.15) is 0 Å². The molecule has 0 aliphatic carbocycles. The van der Waals surface area contributed by atoms with Crippen molar-refractivity contribution >= 4 is 22.7 Å². The van der Waals surface area contributed by atoms with Gasteiger partial charge in [0, 0.05) is 32.6 Å². The largest absolute Gasteiger partial charge is 0.337 e. The van der Waals surface area contributed by atoms with Crippen molar-refractivity contribution < 1.29 is 9.59 Å². The molecule has 0 saturated carbocycles. The minimum atomic E-state index is -0.0674. The zero-order chi connectivity index (χ0) is 20.5. The molecule has 2 aliphatic heterocycles. The fourth-order valence-electron chi connectivity index (χ4n) is 4.15. The van der Waals surface area contributed by atoms with Crippen molar-refractivity contribution in [3.8, 4) is 0 Å². The highest BCUT2D eigenvalue weighted by molar-refractivity contribution is 5.86. The number of benzene rings is 2. The number of carbonyl (C=O) groups is 2. The topological polar surface area (TPSA) is 83.4 Å². The Hall–Kier alpha value is -3.42. The first-order valence-electron chi connectivity index (χ1n) is 10.4. The summed E-state index contributed by atoms with van der Waals surface area (Å²) in [5.74, 6) is 0.183. The van der Waals surface area contributed by atoms with Gasteiger partial charge in [0.05, 0.1) is 18.8 Å². The third kappa shape index (κ3) is 3.60. The van der Waals surface area contributed by atoms with Gasteiger partial charge in [-0.1, -0.05) is 47.7 Å². The van der Waals surface area contributed by atoms with Crippen LogP contribution in [0.4, 0.5) is 4.79 Å². The molecule has 3 aromatic rings. The third-order valence-corrected chi connectivity index (χ3v) is 5.92. The first kappa shape index (κ1) is 18.6. The summed E-state index contributed by atoms with van der Waals surface area (Å²) in [6, 6.07) is 14.4. The van der Waals surface area contributed by atoms with Crippen molar-refractivity contribution in [3.05, 3.63) is 59.9 Å². The Kier molecular flexibility index (Phi) is 4.82. The van der Waals surface area contributed by atoms with Gasteiger partial charge in [-0.05, 0) is 22.8 Å². The van der Waals surface area contributed by atoms with Crippen LogP contribution in [0.1, 0.15) is 30.1 Å². The first-order chi connectivity index (χ1) is 14.7. The Labute approximate surface area is 174 Å². The summed E-state index contributed by atoms with van der Waals surface area (Å²) in [5, 5.41) is 13.7. The summed E-state index contributed by atoms with van der Waals surface area (Å²) >= 11 is 0. The molecule has 8 nitrogen and oxygen atoms in total. The van der Waals surface area contributed by atoms with Crippen LogP contribution < -0.4 is 5.32 Å². The number of hydrogen-bond acceptors (Lipinski definition) is 4. The van der Waals surface area contributed by atoms with Gasteiger partial charge in [0.15, 0.2) is 0 Å². The molecule has 30 heavy (non-hydrogen) atoms. The molecule has 154 valence electrons. The molecule has 1 N–H and O–H groups in total. The normalized spacial score (nSPS) is 16.9. The number of rotatable bonds is 5. The van der Waals surface area contributed by atoms with Crippen LogP contribution in [0.15, 0.2) is 48.7 Å². The fraction of sp³-hybridized carbons (Fsp3) is 0.364. The van der Waals surface area contributed by atoms with Crippen LogP contribution in [0, 0.1) is 0 Å². The predicted octanol–water partition coefficient (Wildman–Crippen LogP) is 2.32. The number of aromatic nitrogens is 3. The van der Waals surface area contributed by atoms with E-state index in [1.165, 1.54) is 5.39 Å². The molecule has 5 rings (SSSR count). The highest BCUT2D eigenvalue weighted by Gasteiger charge is 2.33. The molecule has 1 aromatic heterocycles. The summed E-state index contributed by atoms with van der Waals surface area (Å²) in [6.45, 7) is 3.01. The molecule has 0 spiro atoms. The quantitative estimate of drug-likeness (QED) is 0.707. The maximum Gasteiger partial charge on any atom is 0.317 e. The number of fused-ring (bicyclic) bond motifs is 1. The standard InChI is InChI=1S/C22H24N6O2/c29-21-9-4-10-26(21)12-18-13-28(25-24-18)19-14-27(15-19)22(30)23-11-17-7-3-6-16-5-1-2-8-20(16)17/h1-3,5-8,13,19H,4,9-12,14-15H2,(H,23,30). The van der Waals surface area contributed by atoms with Crippen molar-refractivity contribution in [2.45, 2.75) is 32.0 Å². The molecule has 2 aromatic carbocycles. The second-order valence-electron chi connectivity index (χ2n) is 7.96. The Balaban J connectivity index is 1.13. The maximum absolute atomic E-state index is 12.5. The van der Waals surface area contributed by atoms with Gasteiger partial charge in [0.25, 0.3) is 0 Å². The zero-order valence-electron chi connectivity index (χ0n) is 16.7. The van der Waals surface area contributed by atoms with Crippen LogP contribution in [0.25, 0.3) is 10.8 Å². The van der Waals surface area contributed by atoms with E-state index in [1.807, 2.05) is 40.0 Å². The van der Waals surface area contributed by atoms with Gasteiger partial charge in [-0.3, -0.25) is 4.79 Å². The number of nitrogens with zero attached hydrogens (tertiary/aromatic N) is 5. The summed E-state index contributed by atoms with van der Waals surface area (Å²) in [7, 11) is 0. The lowest BCUT2D eigenvalue weighted by Crippen LogP contribution is -2.54. The van der Waals surface area contributed by atoms with E-state index in [-0.39, 0.29) is 18.0 Å². The zero-order valence-corrected chi connectivity index (χ0v) is 16.7. The molecule has 0 bridgehead atoms. The van der Waals surface area contributed by atoms with Crippen molar-refractivity contribution in [2.24, 2.45) is 0 Å². The summed E-state index contributed by atoms with van der Waals surface area (Å²) in [6.07, 6.45) is 3.43. The van der Waals surface area contributed by atoms with Gasteiger partial charge < -0.3 is 15.1 Å². The molecule has 3 amide bonds. The van der Waals surface area contributed by atoms with Crippen molar-refractivity contribution in [3.63, 3.8) is 0 Å². The van der Waals surface area contributed by atoms with E-state index >= 15 is 0 Å². The summed E-state index contributed by atoms with van der Waals surface area (Å²) < 4.78 is 1.81. The molecular weight excluding hydrogens is 380 g/mol. The molecule has 2 aliphatic rings. The average molecular weight is 404 g/mol. The lowest BCUT2D eigenvalue weighted by atomic mass is 10.0. The van der Waals surface area contributed by atoms with Crippen molar-refractivity contribution in [1.29, 1.82) is 0 Å². The van der Waals surface area contributed by atoms with Crippen LogP contribution >= 0.6 is 0 Å². The maximum atomic E-state index is 12.5. The highest BCUT2D eigenvalue weighted by atomic mass is 16.2. The SMILES string of the molecule is O=C1CCCN1Cc1cn(C2CN(C(=O)NCc3cccc4ccccc34)C2)nn1. The molecule has 0 radical (unpaired) electrons. The third-order valence-electron chi connectivity index (χ3n) is 5.92. The second kappa shape index (κ2) is 7.78. The number of amides is 3. The lowest BCUT2D eigenvalue weighted by Gasteiger charge is -2.38. The van der Waals surface area contributed by atoms with E-state index in [1.54, 1.807) is 4.90 Å². The number of carbonyl (C=O) groups excluding carboxylic acids is 2. The van der Waals surface area contributed by atoms with Crippen LogP contribution in [0.5, 0.6) is 0 Å². The van der Waals surface area contributed by atoms with Gasteiger partial charge in [-0.15, -0.1) is 5.10 Å². The van der Waals surface area contributed by atoms with Crippen LogP contribution in [0.2, 0.25) is 0 Å². The molecule has 0 unspecified atom stereocenters. The van der Waals surface area contributed by atoms with E-state index < -0.39 is 0 Å². The van der Waals surface area contributed by atoms with E-state index in [0.717, 1.165) is 29.6 Å². The highest BCUT2D eigenvalue weighted by Crippen LogP contribution is 2.22. The minimum absolute atomic E-state index is 0.0674. The number of hydrogen-bond donors (Lipinski definition) is 1. The molecule has 2 saturated heterocycles. The Bertz CT molecular complexity index is 1080.